The third-order valence-electron chi connectivity index (χ3n) is 17.0. The van der Waals surface area contributed by atoms with Crippen LogP contribution in [0, 0.1) is 6.92 Å². The van der Waals surface area contributed by atoms with Crippen LogP contribution in [0.3, 0.4) is 0 Å². The van der Waals surface area contributed by atoms with E-state index in [9.17, 15) is 0 Å². The molecule has 0 amide bonds. The van der Waals surface area contributed by atoms with Crippen LogP contribution in [0.2, 0.25) is 0 Å². The lowest BCUT2D eigenvalue weighted by molar-refractivity contribution is 0.332. The third kappa shape index (κ3) is 6.73. The van der Waals surface area contributed by atoms with Crippen molar-refractivity contribution >= 4 is 68.4 Å². The number of furan rings is 1. The van der Waals surface area contributed by atoms with Gasteiger partial charge in [-0.05, 0) is 175 Å². The molecule has 7 aromatic rings. The van der Waals surface area contributed by atoms with E-state index in [1.54, 1.807) is 0 Å². The van der Waals surface area contributed by atoms with E-state index in [1.165, 1.54) is 107 Å². The number of anilines is 6. The number of hydrogen-bond donors (Lipinski definition) is 0. The van der Waals surface area contributed by atoms with Gasteiger partial charge in [0.05, 0.1) is 5.69 Å². The van der Waals surface area contributed by atoms with Crippen LogP contribution in [0.15, 0.2) is 114 Å². The van der Waals surface area contributed by atoms with Crippen LogP contribution in [-0.2, 0) is 32.5 Å². The predicted molar refractivity (Wildman–Crippen MR) is 288 cm³/mol. The molecule has 0 bridgehead atoms. The molecule has 11 rings (SSSR count). The van der Waals surface area contributed by atoms with Gasteiger partial charge in [0.15, 0.2) is 0 Å². The smallest absolute Gasteiger partial charge is 0.257 e. The second kappa shape index (κ2) is 14.3. The summed E-state index contributed by atoms with van der Waals surface area (Å²) in [6.07, 6.45) is 4.69. The van der Waals surface area contributed by atoms with Gasteiger partial charge in [-0.3, -0.25) is 4.90 Å². The predicted octanol–water partition coefficient (Wildman–Crippen LogP) is 15.8. The molecule has 0 unspecified atom stereocenters. The molecule has 2 aliphatic heterocycles. The molecule has 0 saturated heterocycles. The maximum atomic E-state index is 7.44. The van der Waals surface area contributed by atoms with Crippen LogP contribution in [0.25, 0.3) is 22.1 Å². The van der Waals surface area contributed by atoms with Crippen LogP contribution in [0.4, 0.5) is 34.3 Å². The summed E-state index contributed by atoms with van der Waals surface area (Å²) in [5.74, 6) is 0.922. The highest BCUT2D eigenvalue weighted by Crippen LogP contribution is 2.54. The molecule has 6 aromatic carbocycles. The van der Waals surface area contributed by atoms with Crippen molar-refractivity contribution in [1.29, 1.82) is 0 Å². The molecule has 0 saturated carbocycles. The summed E-state index contributed by atoms with van der Waals surface area (Å²) in [7, 11) is 0. The average Bonchev–Trinajstić information content (AvgIpc) is 3.64. The molecular formula is C63H71BN2O. The highest BCUT2D eigenvalue weighted by Gasteiger charge is 2.49. The molecular weight excluding hydrogens is 812 g/mol. The van der Waals surface area contributed by atoms with Crippen LogP contribution < -0.4 is 26.2 Å². The van der Waals surface area contributed by atoms with Gasteiger partial charge in [-0.2, -0.15) is 0 Å². The molecule has 0 atom stereocenters. The fourth-order valence-corrected chi connectivity index (χ4v) is 12.5. The fourth-order valence-electron chi connectivity index (χ4n) is 12.5. The topological polar surface area (TPSA) is 19.6 Å². The van der Waals surface area contributed by atoms with Gasteiger partial charge in [0, 0.05) is 39.2 Å². The van der Waals surface area contributed by atoms with E-state index in [0.717, 1.165) is 30.0 Å². The summed E-state index contributed by atoms with van der Waals surface area (Å²) >= 11 is 0. The number of nitrogens with zero attached hydrogens (tertiary/aromatic N) is 2. The zero-order valence-corrected chi connectivity index (χ0v) is 43.1. The van der Waals surface area contributed by atoms with Crippen molar-refractivity contribution in [2.75, 3.05) is 9.80 Å². The largest absolute Gasteiger partial charge is 0.440 e. The Hall–Kier alpha value is -5.48. The molecule has 1 aromatic heterocycles. The second-order valence-electron chi connectivity index (χ2n) is 25.7. The van der Waals surface area contributed by atoms with Gasteiger partial charge in [-0.15, -0.1) is 0 Å². The van der Waals surface area contributed by atoms with Crippen molar-refractivity contribution in [3.8, 4) is 11.1 Å². The first-order valence-electron chi connectivity index (χ1n) is 25.2. The number of fused-ring (bicyclic) bond motifs is 8. The molecule has 4 aliphatic rings. The summed E-state index contributed by atoms with van der Waals surface area (Å²) < 4.78 is 7.44. The highest BCUT2D eigenvalue weighted by molar-refractivity contribution is 7.01. The standard InChI is InChI=1S/C63H71BN2O/c1-38-31-52-56-53(32-38)66(50-25-21-40(58(2,3)4)33-43(50)39-19-17-16-18-20-39)57-55(44-34-41(59(5,6)7)22-26-54(44)67-57)64(56)49-36-47-48(63(14,15)30-29-62(47,12)13)37-51(49)65(52)42-23-24-45-46(35-42)61(10,11)28-27-60(45,8)9/h16-26,31-37H,27-30H2,1-15H3. The minimum Gasteiger partial charge on any atom is -0.440 e. The van der Waals surface area contributed by atoms with Gasteiger partial charge < -0.3 is 9.32 Å². The molecule has 342 valence electrons. The van der Waals surface area contributed by atoms with Gasteiger partial charge in [-0.25, -0.2) is 0 Å². The maximum absolute atomic E-state index is 7.44. The van der Waals surface area contributed by atoms with E-state index >= 15 is 0 Å². The van der Waals surface area contributed by atoms with Crippen molar-refractivity contribution in [1.82, 2.24) is 0 Å². The van der Waals surface area contributed by atoms with Crippen LogP contribution in [0.1, 0.15) is 162 Å². The Morgan fingerprint density at radius 3 is 1.67 bits per heavy atom. The van der Waals surface area contributed by atoms with E-state index in [4.69, 9.17) is 4.42 Å². The lowest BCUT2D eigenvalue weighted by Gasteiger charge is -2.47. The number of rotatable bonds is 3. The molecule has 0 radical (unpaired) electrons. The summed E-state index contributed by atoms with van der Waals surface area (Å²) in [6.45, 7) is 35.9. The Bertz CT molecular complexity index is 3180. The maximum Gasteiger partial charge on any atom is 0.257 e. The van der Waals surface area contributed by atoms with Crippen molar-refractivity contribution < 1.29 is 4.42 Å². The van der Waals surface area contributed by atoms with Crippen molar-refractivity contribution in [2.45, 2.75) is 162 Å². The fraction of sp³-hybridized carbons (Fsp3) is 0.397. The highest BCUT2D eigenvalue weighted by atomic mass is 16.4. The summed E-state index contributed by atoms with van der Waals surface area (Å²) in [4.78, 5) is 5.19. The third-order valence-corrected chi connectivity index (χ3v) is 17.0. The molecule has 2 aliphatic carbocycles. The molecule has 4 heteroatoms. The molecule has 0 N–H and O–H groups in total. The Morgan fingerprint density at radius 1 is 0.493 bits per heavy atom. The summed E-state index contributed by atoms with van der Waals surface area (Å²) in [5, 5.41) is 1.21. The summed E-state index contributed by atoms with van der Waals surface area (Å²) in [6, 6.07) is 42.9. The van der Waals surface area contributed by atoms with Gasteiger partial charge in [0.25, 0.3) is 6.71 Å². The first kappa shape index (κ1) is 44.1. The zero-order chi connectivity index (χ0) is 47.5. The Morgan fingerprint density at radius 2 is 1.04 bits per heavy atom. The quantitative estimate of drug-likeness (QED) is 0.165. The van der Waals surface area contributed by atoms with E-state index < -0.39 is 0 Å². The van der Waals surface area contributed by atoms with E-state index in [-0.39, 0.29) is 39.2 Å². The lowest BCUT2D eigenvalue weighted by Crippen LogP contribution is -2.61. The zero-order valence-electron chi connectivity index (χ0n) is 43.1. The lowest BCUT2D eigenvalue weighted by atomic mass is 9.33. The number of aryl methyl sites for hydroxylation is 1. The number of hydrogen-bond acceptors (Lipinski definition) is 3. The number of benzene rings is 6. The van der Waals surface area contributed by atoms with E-state index in [0.29, 0.717) is 0 Å². The van der Waals surface area contributed by atoms with Gasteiger partial charge >= 0.3 is 0 Å². The molecule has 0 fully saturated rings. The minimum absolute atomic E-state index is 0.0311. The van der Waals surface area contributed by atoms with Crippen molar-refractivity contribution in [3.05, 3.63) is 148 Å². The van der Waals surface area contributed by atoms with Crippen molar-refractivity contribution in [2.24, 2.45) is 0 Å². The molecule has 67 heavy (non-hydrogen) atoms. The molecule has 3 heterocycles. The molecule has 0 spiro atoms. The normalized spacial score (nSPS) is 18.5. The van der Waals surface area contributed by atoms with Gasteiger partial charge in [0.1, 0.15) is 5.58 Å². The minimum atomic E-state index is -0.0623. The van der Waals surface area contributed by atoms with E-state index in [2.05, 4.69) is 223 Å². The van der Waals surface area contributed by atoms with Gasteiger partial charge in [0.2, 0.25) is 5.88 Å². The van der Waals surface area contributed by atoms with Gasteiger partial charge in [-0.1, -0.05) is 152 Å². The van der Waals surface area contributed by atoms with Crippen LogP contribution in [-0.4, -0.2) is 6.71 Å². The van der Waals surface area contributed by atoms with Crippen molar-refractivity contribution in [3.63, 3.8) is 0 Å². The first-order valence-corrected chi connectivity index (χ1v) is 25.2. The summed E-state index contributed by atoms with van der Waals surface area (Å²) in [5.41, 5.74) is 23.4. The average molecular weight is 883 g/mol. The van der Waals surface area contributed by atoms with E-state index in [1.807, 2.05) is 0 Å². The van der Waals surface area contributed by atoms with Crippen LogP contribution >= 0.6 is 0 Å². The SMILES string of the molecule is Cc1cc2c3c(c1)N(c1ccc(C(C)(C)C)cc1-c1ccccc1)c1oc4ccc(C(C)(C)C)cc4c1B3c1cc3c(cc1N2c1ccc2c(c1)C(C)(C)CCC2(C)C)C(C)(C)CCC3(C)C. The Labute approximate surface area is 402 Å². The Balaban J connectivity index is 1.29. The first-order chi connectivity index (χ1) is 31.4. The van der Waals surface area contributed by atoms with Crippen LogP contribution in [0.5, 0.6) is 0 Å². The molecule has 3 nitrogen and oxygen atoms in total. The second-order valence-corrected chi connectivity index (χ2v) is 25.7. The monoisotopic (exact) mass is 883 g/mol. The Kier molecular flexibility index (Phi) is 9.39.